The molecule has 3 heterocycles. The molecule has 260 valence electrons. The zero-order valence-electron chi connectivity index (χ0n) is 27.8. The van der Waals surface area contributed by atoms with Gasteiger partial charge in [-0.05, 0) is 43.7 Å². The third-order valence-corrected chi connectivity index (χ3v) is 8.45. The Bertz CT molecular complexity index is 2100. The fourth-order valence-corrected chi connectivity index (χ4v) is 5.82. The topological polar surface area (TPSA) is 149 Å². The molecule has 5 aromatic rings. The van der Waals surface area contributed by atoms with Crippen LogP contribution >= 0.6 is 0 Å². The molecule has 3 aromatic carbocycles. The van der Waals surface area contributed by atoms with Crippen LogP contribution in [0.1, 0.15) is 50.1 Å². The second-order valence-corrected chi connectivity index (χ2v) is 12.1. The van der Waals surface area contributed by atoms with Gasteiger partial charge in [0.05, 0.1) is 23.9 Å². The molecule has 50 heavy (non-hydrogen) atoms. The predicted octanol–water partition coefficient (Wildman–Crippen LogP) is 4.44. The number of carbonyl (C=O) groups excluding carboxylic acids is 2. The zero-order valence-corrected chi connectivity index (χ0v) is 27.8. The van der Waals surface area contributed by atoms with Crippen LogP contribution < -0.4 is 11.2 Å². The van der Waals surface area contributed by atoms with Gasteiger partial charge in [-0.3, -0.25) is 9.36 Å². The highest BCUT2D eigenvalue weighted by atomic mass is 16.6. The van der Waals surface area contributed by atoms with E-state index in [4.69, 9.17) is 23.7 Å². The summed E-state index contributed by atoms with van der Waals surface area (Å²) in [5, 5.41) is 10.9. The minimum atomic E-state index is -0.963. The Morgan fingerprint density at radius 2 is 1.50 bits per heavy atom. The molecule has 0 aliphatic carbocycles. The molecule has 1 fully saturated rings. The van der Waals surface area contributed by atoms with E-state index in [2.05, 4.69) is 0 Å². The summed E-state index contributed by atoms with van der Waals surface area (Å²) < 4.78 is 32.4. The molecule has 0 spiro atoms. The lowest BCUT2D eigenvalue weighted by Crippen LogP contribution is -2.41. The minimum absolute atomic E-state index is 0.0313. The molecule has 0 saturated carbocycles. The smallest absolute Gasteiger partial charge is 0.338 e. The lowest BCUT2D eigenvalue weighted by molar-refractivity contribution is -0.0565. The Kier molecular flexibility index (Phi) is 10.3. The van der Waals surface area contributed by atoms with E-state index in [0.717, 1.165) is 21.3 Å². The van der Waals surface area contributed by atoms with Crippen molar-refractivity contribution in [3.63, 3.8) is 0 Å². The normalized spacial score (nSPS) is 17.2. The molecule has 13 heteroatoms. The number of esters is 2. The van der Waals surface area contributed by atoms with E-state index >= 15 is 0 Å². The number of rotatable bonds is 12. The Labute approximate surface area is 286 Å². The first-order chi connectivity index (χ1) is 24.1. The van der Waals surface area contributed by atoms with Crippen LogP contribution in [0.5, 0.6) is 5.75 Å². The molecule has 1 aliphatic rings. The summed E-state index contributed by atoms with van der Waals surface area (Å²) in [5.41, 5.74) is 1.99. The summed E-state index contributed by atoms with van der Waals surface area (Å²) in [5.74, 6) is -1.60. The molecule has 13 nitrogen and oxygen atoms in total. The van der Waals surface area contributed by atoms with E-state index in [0.29, 0.717) is 11.1 Å². The highest BCUT2D eigenvalue weighted by Crippen LogP contribution is 2.36. The number of hydrogen-bond acceptors (Lipinski definition) is 10. The van der Waals surface area contributed by atoms with Gasteiger partial charge in [0.15, 0.2) is 0 Å². The van der Waals surface area contributed by atoms with Crippen molar-refractivity contribution in [2.75, 3.05) is 13.7 Å². The predicted molar refractivity (Wildman–Crippen MR) is 181 cm³/mol. The average molecular weight is 684 g/mol. The summed E-state index contributed by atoms with van der Waals surface area (Å²) in [6, 6.07) is 23.1. The highest BCUT2D eigenvalue weighted by Gasteiger charge is 2.41. The van der Waals surface area contributed by atoms with E-state index in [-0.39, 0.29) is 44.1 Å². The van der Waals surface area contributed by atoms with E-state index in [1.54, 1.807) is 48.5 Å². The maximum absolute atomic E-state index is 13.7. The quantitative estimate of drug-likeness (QED) is 0.187. The lowest BCUT2D eigenvalue weighted by Gasteiger charge is -2.19. The first kappa shape index (κ1) is 34.4. The molecule has 1 aliphatic heterocycles. The Morgan fingerprint density at radius 3 is 2.14 bits per heavy atom. The van der Waals surface area contributed by atoms with Gasteiger partial charge in [0.25, 0.3) is 5.56 Å². The summed E-state index contributed by atoms with van der Waals surface area (Å²) >= 11 is 0. The van der Waals surface area contributed by atoms with Crippen molar-refractivity contribution < 1.29 is 38.4 Å². The molecule has 2 aromatic heterocycles. The lowest BCUT2D eigenvalue weighted by atomic mass is 10.1. The number of aromatic hydroxyl groups is 1. The maximum atomic E-state index is 13.7. The summed E-state index contributed by atoms with van der Waals surface area (Å²) in [6.07, 6.45) is -1.50. The molecule has 0 unspecified atom stereocenters. The van der Waals surface area contributed by atoms with Crippen molar-refractivity contribution >= 4 is 23.0 Å². The number of carbonyl (C=O) groups is 2. The van der Waals surface area contributed by atoms with Gasteiger partial charge in [-0.25, -0.2) is 19.0 Å². The number of hydrogen-bond donors (Lipinski definition) is 1. The molecule has 3 atom stereocenters. The SMILES string of the molecule is COCn1c(=O)c2c(O)cn([C@H]3C[C@H](OC(=O)c4ccc(C)cc4)[C@@H](COC(=O)c4ccc(C)cc4)O3)c2n(COCc2ccccc2)c1=O. The third kappa shape index (κ3) is 7.25. The van der Waals surface area contributed by atoms with Gasteiger partial charge >= 0.3 is 17.6 Å². The van der Waals surface area contributed by atoms with Crippen LogP contribution in [0.4, 0.5) is 0 Å². The maximum Gasteiger partial charge on any atom is 0.338 e. The second kappa shape index (κ2) is 14.9. The molecule has 1 N–H and O–H groups in total. The van der Waals surface area contributed by atoms with Gasteiger partial charge in [-0.2, -0.15) is 0 Å². The van der Waals surface area contributed by atoms with Crippen molar-refractivity contribution in [2.24, 2.45) is 0 Å². The first-order valence-corrected chi connectivity index (χ1v) is 16.0. The number of aryl methyl sites for hydroxylation is 2. The van der Waals surface area contributed by atoms with Crippen LogP contribution in [-0.2, 0) is 43.8 Å². The fraction of sp³-hybridized carbons (Fsp3) is 0.297. The zero-order chi connectivity index (χ0) is 35.4. The van der Waals surface area contributed by atoms with Crippen LogP contribution in [0.15, 0.2) is 94.6 Å². The number of ether oxygens (including phenoxy) is 5. The Hall–Kier alpha value is -5.50. The van der Waals surface area contributed by atoms with Crippen molar-refractivity contribution in [3.8, 4) is 5.75 Å². The third-order valence-electron chi connectivity index (χ3n) is 8.45. The van der Waals surface area contributed by atoms with Crippen molar-refractivity contribution in [2.45, 2.75) is 58.8 Å². The van der Waals surface area contributed by atoms with Crippen LogP contribution in [-0.4, -0.2) is 56.7 Å². The Balaban J connectivity index is 1.34. The summed E-state index contributed by atoms with van der Waals surface area (Å²) in [7, 11) is 1.34. The monoisotopic (exact) mass is 683 g/mol. The van der Waals surface area contributed by atoms with Crippen molar-refractivity contribution in [3.05, 3.63) is 134 Å². The molecule has 0 radical (unpaired) electrons. The molecule has 1 saturated heterocycles. The summed E-state index contributed by atoms with van der Waals surface area (Å²) in [6.45, 7) is 3.05. The fourth-order valence-electron chi connectivity index (χ4n) is 5.82. The van der Waals surface area contributed by atoms with E-state index in [1.165, 1.54) is 22.4 Å². The van der Waals surface area contributed by atoms with Gasteiger partial charge in [0, 0.05) is 13.5 Å². The number of methoxy groups -OCH3 is 1. The molecule has 0 bridgehead atoms. The standard InChI is InChI=1S/C37H37N3O10/c1-23-9-13-26(14-10-23)35(43)48-20-30-29(50-36(44)27-15-11-24(2)12-16-27)17-31(49-30)38-18-28(41)32-33(38)39(37(45)40(21-46-3)34(32)42)22-47-19-25-7-5-4-6-8-25/h4-16,18,29-31,41H,17,19-22H2,1-3H3/t29-,30+,31+/m0/s1. The molecule has 0 amide bonds. The molecular weight excluding hydrogens is 646 g/mol. The van der Waals surface area contributed by atoms with Crippen LogP contribution in [0.25, 0.3) is 11.0 Å². The molecule has 6 rings (SSSR count). The van der Waals surface area contributed by atoms with Gasteiger partial charge < -0.3 is 33.4 Å². The van der Waals surface area contributed by atoms with E-state index in [1.807, 2.05) is 44.2 Å². The van der Waals surface area contributed by atoms with E-state index in [9.17, 15) is 24.3 Å². The van der Waals surface area contributed by atoms with Gasteiger partial charge in [0.2, 0.25) is 0 Å². The van der Waals surface area contributed by atoms with Crippen molar-refractivity contribution in [1.29, 1.82) is 0 Å². The number of nitrogens with zero attached hydrogens (tertiary/aromatic N) is 3. The molecular formula is C37H37N3O10. The van der Waals surface area contributed by atoms with Crippen LogP contribution in [0.3, 0.4) is 0 Å². The number of benzene rings is 3. The number of aromatic nitrogens is 3. The average Bonchev–Trinajstić information content (AvgIpc) is 3.68. The Morgan fingerprint density at radius 1 is 0.860 bits per heavy atom. The number of fused-ring (bicyclic) bond motifs is 1. The van der Waals surface area contributed by atoms with E-state index < -0.39 is 47.4 Å². The van der Waals surface area contributed by atoms with Gasteiger partial charge in [0.1, 0.15) is 55.3 Å². The largest absolute Gasteiger partial charge is 0.505 e. The van der Waals surface area contributed by atoms with Gasteiger partial charge in [-0.1, -0.05) is 65.7 Å². The van der Waals surface area contributed by atoms with Crippen LogP contribution in [0.2, 0.25) is 0 Å². The van der Waals surface area contributed by atoms with Crippen LogP contribution in [0, 0.1) is 13.8 Å². The van der Waals surface area contributed by atoms with Crippen molar-refractivity contribution in [1.82, 2.24) is 13.7 Å². The second-order valence-electron chi connectivity index (χ2n) is 12.1. The summed E-state index contributed by atoms with van der Waals surface area (Å²) in [4.78, 5) is 53.4. The highest BCUT2D eigenvalue weighted by molar-refractivity contribution is 5.90. The van der Waals surface area contributed by atoms with Gasteiger partial charge in [-0.15, -0.1) is 0 Å². The minimum Gasteiger partial charge on any atom is -0.505 e. The first-order valence-electron chi connectivity index (χ1n) is 16.0.